The van der Waals surface area contributed by atoms with Gasteiger partial charge in [-0.1, -0.05) is 25.1 Å². The topological polar surface area (TPSA) is 87.2 Å². The summed E-state index contributed by atoms with van der Waals surface area (Å²) in [5.41, 5.74) is 6.82. The molecule has 1 rings (SSSR count). The van der Waals surface area contributed by atoms with Crippen molar-refractivity contribution < 1.29 is 8.42 Å². The van der Waals surface area contributed by atoms with Crippen molar-refractivity contribution in [2.45, 2.75) is 19.6 Å². The van der Waals surface area contributed by atoms with E-state index in [4.69, 9.17) is 11.0 Å². The second-order valence-electron chi connectivity index (χ2n) is 4.44. The zero-order valence-electron chi connectivity index (χ0n) is 11.2. The van der Waals surface area contributed by atoms with Gasteiger partial charge in [0.1, 0.15) is 0 Å². The molecule has 0 aliphatic rings. The molecule has 0 amide bonds. The van der Waals surface area contributed by atoms with E-state index in [-0.39, 0.29) is 18.2 Å². The minimum absolute atomic E-state index is 0.133. The SMILES string of the molecule is CCN(CC(C)C#N)S(=O)(=O)Cc1ccccc1N. The van der Waals surface area contributed by atoms with Gasteiger partial charge in [0.15, 0.2) is 0 Å². The summed E-state index contributed by atoms with van der Waals surface area (Å²) in [5, 5.41) is 8.79. The van der Waals surface area contributed by atoms with Crippen LogP contribution in [0.5, 0.6) is 0 Å². The summed E-state index contributed by atoms with van der Waals surface area (Å²) in [4.78, 5) is 0. The number of nitriles is 1. The van der Waals surface area contributed by atoms with Crippen molar-refractivity contribution in [3.8, 4) is 6.07 Å². The maximum absolute atomic E-state index is 12.3. The first-order chi connectivity index (χ1) is 8.90. The zero-order chi connectivity index (χ0) is 14.5. The molecule has 1 unspecified atom stereocenters. The van der Waals surface area contributed by atoms with Crippen molar-refractivity contribution >= 4 is 15.7 Å². The average molecular weight is 281 g/mol. The predicted octanol–water partition coefficient (Wildman–Crippen LogP) is 1.58. The fraction of sp³-hybridized carbons (Fsp3) is 0.462. The van der Waals surface area contributed by atoms with Crippen LogP contribution >= 0.6 is 0 Å². The second-order valence-corrected chi connectivity index (χ2v) is 6.40. The Bertz CT molecular complexity index is 563. The maximum atomic E-state index is 12.3. The van der Waals surface area contributed by atoms with Crippen molar-refractivity contribution in [3.63, 3.8) is 0 Å². The monoisotopic (exact) mass is 281 g/mol. The third-order valence-corrected chi connectivity index (χ3v) is 4.71. The molecule has 0 bridgehead atoms. The molecule has 2 N–H and O–H groups in total. The van der Waals surface area contributed by atoms with Crippen molar-refractivity contribution in [1.29, 1.82) is 5.26 Å². The smallest absolute Gasteiger partial charge is 0.218 e. The lowest BCUT2D eigenvalue weighted by atomic mass is 10.2. The third kappa shape index (κ3) is 4.23. The third-order valence-electron chi connectivity index (χ3n) is 2.84. The lowest BCUT2D eigenvalue weighted by Crippen LogP contribution is -2.35. The van der Waals surface area contributed by atoms with Gasteiger partial charge in [0, 0.05) is 18.8 Å². The van der Waals surface area contributed by atoms with Gasteiger partial charge >= 0.3 is 0 Å². The van der Waals surface area contributed by atoms with E-state index in [0.717, 1.165) is 0 Å². The molecule has 19 heavy (non-hydrogen) atoms. The van der Waals surface area contributed by atoms with Gasteiger partial charge in [-0.2, -0.15) is 5.26 Å². The number of para-hydroxylation sites is 1. The van der Waals surface area contributed by atoms with Crippen LogP contribution < -0.4 is 5.73 Å². The van der Waals surface area contributed by atoms with E-state index in [1.165, 1.54) is 4.31 Å². The van der Waals surface area contributed by atoms with Crippen molar-refractivity contribution in [2.24, 2.45) is 5.92 Å². The van der Waals surface area contributed by atoms with Crippen LogP contribution in [0.15, 0.2) is 24.3 Å². The number of nitrogens with two attached hydrogens (primary N) is 1. The van der Waals surface area contributed by atoms with Crippen molar-refractivity contribution in [3.05, 3.63) is 29.8 Å². The van der Waals surface area contributed by atoms with E-state index < -0.39 is 10.0 Å². The molecule has 0 radical (unpaired) electrons. The zero-order valence-corrected chi connectivity index (χ0v) is 12.0. The molecule has 0 saturated carbocycles. The van der Waals surface area contributed by atoms with Crippen LogP contribution in [0.2, 0.25) is 0 Å². The van der Waals surface area contributed by atoms with E-state index in [1.807, 2.05) is 6.07 Å². The van der Waals surface area contributed by atoms with Gasteiger partial charge in [0.2, 0.25) is 10.0 Å². The second kappa shape index (κ2) is 6.55. The van der Waals surface area contributed by atoms with Crippen LogP contribution in [-0.4, -0.2) is 25.8 Å². The number of nitrogen functional groups attached to an aromatic ring is 1. The van der Waals surface area contributed by atoms with E-state index >= 15 is 0 Å². The minimum Gasteiger partial charge on any atom is -0.398 e. The Morgan fingerprint density at radius 1 is 1.42 bits per heavy atom. The van der Waals surface area contributed by atoms with Crippen LogP contribution in [0.1, 0.15) is 19.4 Å². The Morgan fingerprint density at radius 3 is 2.58 bits per heavy atom. The summed E-state index contributed by atoms with van der Waals surface area (Å²) in [5.74, 6) is -0.464. The first kappa shape index (κ1) is 15.5. The molecule has 0 aliphatic heterocycles. The number of sulfonamides is 1. The highest BCUT2D eigenvalue weighted by Crippen LogP contribution is 2.17. The fourth-order valence-electron chi connectivity index (χ4n) is 1.74. The maximum Gasteiger partial charge on any atom is 0.218 e. The molecule has 0 fully saturated rings. The summed E-state index contributed by atoms with van der Waals surface area (Å²) < 4.78 is 25.9. The Hall–Kier alpha value is -1.58. The lowest BCUT2D eigenvalue weighted by Gasteiger charge is -2.21. The fourth-order valence-corrected chi connectivity index (χ4v) is 3.42. The van der Waals surface area contributed by atoms with Gasteiger partial charge in [-0.25, -0.2) is 12.7 Å². The Labute approximate surface area is 114 Å². The Morgan fingerprint density at radius 2 is 2.05 bits per heavy atom. The van der Waals surface area contributed by atoms with Crippen LogP contribution in [0, 0.1) is 17.2 Å². The summed E-state index contributed by atoms with van der Waals surface area (Å²) >= 11 is 0. The number of benzene rings is 1. The van der Waals surface area contributed by atoms with E-state index in [0.29, 0.717) is 17.8 Å². The van der Waals surface area contributed by atoms with Crippen molar-refractivity contribution in [1.82, 2.24) is 4.31 Å². The lowest BCUT2D eigenvalue weighted by molar-refractivity contribution is 0.399. The van der Waals surface area contributed by atoms with Gasteiger partial charge in [-0.3, -0.25) is 0 Å². The summed E-state index contributed by atoms with van der Waals surface area (Å²) in [7, 11) is -3.45. The van der Waals surface area contributed by atoms with Gasteiger partial charge in [0.05, 0.1) is 17.7 Å². The molecular weight excluding hydrogens is 262 g/mol. The molecule has 0 aliphatic carbocycles. The van der Waals surface area contributed by atoms with E-state index in [2.05, 4.69) is 0 Å². The summed E-state index contributed by atoms with van der Waals surface area (Å²) in [6.45, 7) is 4.02. The molecule has 6 heteroatoms. The largest absolute Gasteiger partial charge is 0.398 e. The van der Waals surface area contributed by atoms with Crippen LogP contribution in [0.4, 0.5) is 5.69 Å². The molecule has 1 atom stereocenters. The highest BCUT2D eigenvalue weighted by molar-refractivity contribution is 7.88. The molecule has 0 saturated heterocycles. The Balaban J connectivity index is 2.91. The highest BCUT2D eigenvalue weighted by Gasteiger charge is 2.23. The first-order valence-corrected chi connectivity index (χ1v) is 7.72. The number of hydrogen-bond donors (Lipinski definition) is 1. The molecule has 1 aromatic carbocycles. The van der Waals surface area contributed by atoms with E-state index in [1.54, 1.807) is 38.1 Å². The summed E-state index contributed by atoms with van der Waals surface area (Å²) in [6, 6.07) is 8.95. The van der Waals surface area contributed by atoms with Crippen LogP contribution in [0.3, 0.4) is 0 Å². The number of nitrogens with zero attached hydrogens (tertiary/aromatic N) is 2. The summed E-state index contributed by atoms with van der Waals surface area (Å²) in [6.07, 6.45) is 0. The predicted molar refractivity (Wildman–Crippen MR) is 75.5 cm³/mol. The Kier molecular flexibility index (Phi) is 5.33. The van der Waals surface area contributed by atoms with Crippen molar-refractivity contribution in [2.75, 3.05) is 18.8 Å². The van der Waals surface area contributed by atoms with E-state index in [9.17, 15) is 8.42 Å². The minimum atomic E-state index is -3.45. The molecule has 1 aromatic rings. The van der Waals surface area contributed by atoms with Gasteiger partial charge in [0.25, 0.3) is 0 Å². The molecule has 5 nitrogen and oxygen atoms in total. The molecule has 0 spiro atoms. The normalized spacial score (nSPS) is 13.2. The molecule has 0 heterocycles. The quantitative estimate of drug-likeness (QED) is 0.802. The molecule has 0 aromatic heterocycles. The standard InChI is InChI=1S/C13H19N3O2S/c1-3-16(9-11(2)8-14)19(17,18)10-12-6-4-5-7-13(12)15/h4-7,11H,3,9-10,15H2,1-2H3. The average Bonchev–Trinajstić information content (AvgIpc) is 2.37. The van der Waals surface area contributed by atoms with Gasteiger partial charge in [-0.05, 0) is 18.6 Å². The van der Waals surface area contributed by atoms with Gasteiger partial charge in [-0.15, -0.1) is 0 Å². The molecule has 104 valence electrons. The number of anilines is 1. The van der Waals surface area contributed by atoms with Crippen LogP contribution in [-0.2, 0) is 15.8 Å². The number of hydrogen-bond acceptors (Lipinski definition) is 4. The van der Waals surface area contributed by atoms with Gasteiger partial charge < -0.3 is 5.73 Å². The first-order valence-electron chi connectivity index (χ1n) is 6.11. The number of rotatable bonds is 6. The van der Waals surface area contributed by atoms with Crippen LogP contribution in [0.25, 0.3) is 0 Å². The molecular formula is C13H19N3O2S. The highest BCUT2D eigenvalue weighted by atomic mass is 32.2.